The van der Waals surface area contributed by atoms with Gasteiger partial charge in [0.25, 0.3) is 0 Å². The number of furan rings is 1. The van der Waals surface area contributed by atoms with E-state index in [4.69, 9.17) is 9.52 Å². The van der Waals surface area contributed by atoms with Gasteiger partial charge in [-0.05, 0) is 18.6 Å². The van der Waals surface area contributed by atoms with Gasteiger partial charge in [0.2, 0.25) is 0 Å². The maximum absolute atomic E-state index is 10.6. The highest BCUT2D eigenvalue weighted by molar-refractivity contribution is 5.85. The van der Waals surface area contributed by atoms with Crippen LogP contribution in [0.2, 0.25) is 0 Å². The maximum Gasteiger partial charge on any atom is 0.354 e. The largest absolute Gasteiger partial charge is 0.477 e. The first-order valence-electron chi connectivity index (χ1n) is 4.41. The summed E-state index contributed by atoms with van der Waals surface area (Å²) in [6.07, 6.45) is 4.79. The number of carbonyl (C=O) groups is 1. The van der Waals surface area contributed by atoms with Gasteiger partial charge in [-0.25, -0.2) is 9.78 Å². The summed E-state index contributed by atoms with van der Waals surface area (Å²) in [4.78, 5) is 14.4. The van der Waals surface area contributed by atoms with Crippen LogP contribution >= 0.6 is 0 Å². The predicted molar refractivity (Wildman–Crippen MR) is 53.6 cm³/mol. The number of rotatable bonds is 2. The average molecular weight is 203 g/mol. The van der Waals surface area contributed by atoms with Crippen LogP contribution in [0.25, 0.3) is 11.1 Å². The topological polar surface area (TPSA) is 63.3 Å². The van der Waals surface area contributed by atoms with Crippen molar-refractivity contribution >= 4 is 5.97 Å². The lowest BCUT2D eigenvalue weighted by Gasteiger charge is -1.98. The van der Waals surface area contributed by atoms with Crippen molar-refractivity contribution in [2.24, 2.45) is 0 Å². The lowest BCUT2D eigenvalue weighted by molar-refractivity contribution is 0.0690. The monoisotopic (exact) mass is 203 g/mol. The molecule has 4 heteroatoms. The SMILES string of the molecule is Cc1cocc1-c1ccc(C(=O)O)nc1. The van der Waals surface area contributed by atoms with Gasteiger partial charge in [0.15, 0.2) is 0 Å². The molecule has 2 aromatic heterocycles. The van der Waals surface area contributed by atoms with Gasteiger partial charge in [-0.2, -0.15) is 0 Å². The Morgan fingerprint density at radius 1 is 1.40 bits per heavy atom. The molecule has 1 N–H and O–H groups in total. The molecular weight excluding hydrogens is 194 g/mol. The second-order valence-electron chi connectivity index (χ2n) is 3.21. The lowest BCUT2D eigenvalue weighted by Crippen LogP contribution is -1.99. The van der Waals surface area contributed by atoms with Crippen molar-refractivity contribution in [1.29, 1.82) is 0 Å². The standard InChI is InChI=1S/C11H9NO3/c1-7-5-15-6-9(7)8-2-3-10(11(13)14)12-4-8/h2-6H,1H3,(H,13,14). The molecule has 2 heterocycles. The molecule has 4 nitrogen and oxygen atoms in total. The van der Waals surface area contributed by atoms with Gasteiger partial charge >= 0.3 is 5.97 Å². The summed E-state index contributed by atoms with van der Waals surface area (Å²) in [5.41, 5.74) is 2.82. The average Bonchev–Trinajstić information content (AvgIpc) is 2.65. The van der Waals surface area contributed by atoms with Crippen molar-refractivity contribution in [3.8, 4) is 11.1 Å². The number of aromatic nitrogens is 1. The minimum atomic E-state index is -1.02. The minimum absolute atomic E-state index is 0.0416. The third-order valence-electron chi connectivity index (χ3n) is 2.15. The molecule has 76 valence electrons. The van der Waals surface area contributed by atoms with Crippen LogP contribution in [0, 0.1) is 6.92 Å². The van der Waals surface area contributed by atoms with Gasteiger partial charge in [-0.3, -0.25) is 0 Å². The molecule has 0 saturated heterocycles. The van der Waals surface area contributed by atoms with E-state index in [2.05, 4.69) is 4.98 Å². The number of carboxylic acid groups (broad SMARTS) is 1. The summed E-state index contributed by atoms with van der Waals surface area (Å²) in [5.74, 6) is -1.02. The molecule has 2 rings (SSSR count). The number of aryl methyl sites for hydroxylation is 1. The van der Waals surface area contributed by atoms with Crippen LogP contribution in [-0.2, 0) is 0 Å². The Morgan fingerprint density at radius 2 is 2.20 bits per heavy atom. The van der Waals surface area contributed by atoms with Crippen molar-refractivity contribution in [2.45, 2.75) is 6.92 Å². The Balaban J connectivity index is 2.40. The molecule has 0 aliphatic rings. The van der Waals surface area contributed by atoms with Gasteiger partial charge in [0, 0.05) is 17.3 Å². The number of pyridine rings is 1. The number of nitrogens with zero attached hydrogens (tertiary/aromatic N) is 1. The van der Waals surface area contributed by atoms with Crippen LogP contribution in [0.3, 0.4) is 0 Å². The molecule has 0 amide bonds. The van der Waals surface area contributed by atoms with Gasteiger partial charge in [-0.1, -0.05) is 6.07 Å². The summed E-state index contributed by atoms with van der Waals surface area (Å²) in [7, 11) is 0. The third kappa shape index (κ3) is 1.74. The molecule has 0 bridgehead atoms. The van der Waals surface area contributed by atoms with Crippen molar-refractivity contribution in [2.75, 3.05) is 0 Å². The lowest BCUT2D eigenvalue weighted by atomic mass is 10.1. The smallest absolute Gasteiger partial charge is 0.354 e. The van der Waals surface area contributed by atoms with Crippen molar-refractivity contribution < 1.29 is 14.3 Å². The van der Waals surface area contributed by atoms with E-state index in [0.717, 1.165) is 16.7 Å². The zero-order valence-corrected chi connectivity index (χ0v) is 8.10. The summed E-state index contributed by atoms with van der Waals surface area (Å²) in [6, 6.07) is 3.19. The van der Waals surface area contributed by atoms with Crippen LogP contribution in [-0.4, -0.2) is 16.1 Å². The minimum Gasteiger partial charge on any atom is -0.477 e. The molecular formula is C11H9NO3. The van der Waals surface area contributed by atoms with Gasteiger partial charge in [0.05, 0.1) is 12.5 Å². The number of hydrogen-bond acceptors (Lipinski definition) is 3. The van der Waals surface area contributed by atoms with Crippen LogP contribution in [0.1, 0.15) is 16.1 Å². The molecule has 0 radical (unpaired) electrons. The third-order valence-corrected chi connectivity index (χ3v) is 2.15. The first kappa shape index (κ1) is 9.45. The van der Waals surface area contributed by atoms with Crippen molar-refractivity contribution in [3.63, 3.8) is 0 Å². The fourth-order valence-corrected chi connectivity index (χ4v) is 1.34. The van der Waals surface area contributed by atoms with Gasteiger partial charge in [0.1, 0.15) is 5.69 Å². The molecule has 0 unspecified atom stereocenters. The number of carboxylic acids is 1. The molecule has 0 fully saturated rings. The van der Waals surface area contributed by atoms with E-state index in [0.29, 0.717) is 0 Å². The molecule has 0 spiro atoms. The molecule has 0 aromatic carbocycles. The quantitative estimate of drug-likeness (QED) is 0.813. The van der Waals surface area contributed by atoms with E-state index >= 15 is 0 Å². The molecule has 15 heavy (non-hydrogen) atoms. The Bertz CT molecular complexity index is 485. The molecule has 2 aromatic rings. The highest BCUT2D eigenvalue weighted by Gasteiger charge is 2.07. The van der Waals surface area contributed by atoms with E-state index < -0.39 is 5.97 Å². The summed E-state index contributed by atoms with van der Waals surface area (Å²) in [5, 5.41) is 8.68. The van der Waals surface area contributed by atoms with E-state index in [1.54, 1.807) is 18.6 Å². The second-order valence-corrected chi connectivity index (χ2v) is 3.21. The van der Waals surface area contributed by atoms with Crippen LogP contribution in [0.5, 0.6) is 0 Å². The molecule has 0 aliphatic carbocycles. The van der Waals surface area contributed by atoms with E-state index in [-0.39, 0.29) is 5.69 Å². The predicted octanol–water partition coefficient (Wildman–Crippen LogP) is 2.35. The van der Waals surface area contributed by atoms with Crippen LogP contribution in [0.4, 0.5) is 0 Å². The van der Waals surface area contributed by atoms with Crippen molar-refractivity contribution in [1.82, 2.24) is 4.98 Å². The number of aromatic carboxylic acids is 1. The van der Waals surface area contributed by atoms with Crippen LogP contribution in [0.15, 0.2) is 35.3 Å². The molecule has 0 atom stereocenters. The van der Waals surface area contributed by atoms with E-state index in [9.17, 15) is 4.79 Å². The zero-order valence-electron chi connectivity index (χ0n) is 8.10. The summed E-state index contributed by atoms with van der Waals surface area (Å²) in [6.45, 7) is 1.92. The Kier molecular flexibility index (Phi) is 2.25. The van der Waals surface area contributed by atoms with E-state index in [1.165, 1.54) is 12.3 Å². The molecule has 0 aliphatic heterocycles. The zero-order chi connectivity index (χ0) is 10.8. The maximum atomic E-state index is 10.6. The van der Waals surface area contributed by atoms with Gasteiger partial charge < -0.3 is 9.52 Å². The first-order chi connectivity index (χ1) is 7.18. The van der Waals surface area contributed by atoms with Crippen molar-refractivity contribution in [3.05, 3.63) is 42.1 Å². The highest BCUT2D eigenvalue weighted by Crippen LogP contribution is 2.23. The summed E-state index contributed by atoms with van der Waals surface area (Å²) < 4.78 is 5.03. The Hall–Kier alpha value is -2.10. The first-order valence-corrected chi connectivity index (χ1v) is 4.41. The highest BCUT2D eigenvalue weighted by atomic mass is 16.4. The molecule has 0 saturated carbocycles. The van der Waals surface area contributed by atoms with E-state index in [1.807, 2.05) is 6.92 Å². The fraction of sp³-hybridized carbons (Fsp3) is 0.0909. The van der Waals surface area contributed by atoms with Gasteiger partial charge in [-0.15, -0.1) is 0 Å². The number of hydrogen-bond donors (Lipinski definition) is 1. The second kappa shape index (κ2) is 3.57. The summed E-state index contributed by atoms with van der Waals surface area (Å²) >= 11 is 0. The fourth-order valence-electron chi connectivity index (χ4n) is 1.34. The normalized spacial score (nSPS) is 10.2. The Labute approximate surface area is 86.2 Å². The Morgan fingerprint density at radius 3 is 2.67 bits per heavy atom. The van der Waals surface area contributed by atoms with Crippen LogP contribution < -0.4 is 0 Å².